The Kier molecular flexibility index (Phi) is 11.3. The monoisotopic (exact) mass is 660 g/mol. The minimum atomic E-state index is -0.244. The van der Waals surface area contributed by atoms with Gasteiger partial charge in [0.25, 0.3) is 11.8 Å². The molecule has 0 radical (unpaired) electrons. The average molecular weight is 661 g/mol. The first-order valence-electron chi connectivity index (χ1n) is 15.6. The van der Waals surface area contributed by atoms with Crippen LogP contribution in [0.5, 0.6) is 11.5 Å². The number of carbonyl (C=O) groups is 3. The van der Waals surface area contributed by atoms with Crippen molar-refractivity contribution in [2.24, 2.45) is 5.92 Å². The Hall–Kier alpha value is -4.01. The lowest BCUT2D eigenvalue weighted by Crippen LogP contribution is -2.50. The van der Waals surface area contributed by atoms with Gasteiger partial charge in [-0.25, -0.2) is 4.98 Å². The molecule has 1 saturated carbocycles. The smallest absolute Gasteiger partial charge is 0.257 e. The van der Waals surface area contributed by atoms with E-state index in [2.05, 4.69) is 22.1 Å². The van der Waals surface area contributed by atoms with Gasteiger partial charge in [-0.1, -0.05) is 23.1 Å². The van der Waals surface area contributed by atoms with Crippen LogP contribution in [0.2, 0.25) is 0 Å². The summed E-state index contributed by atoms with van der Waals surface area (Å²) in [6.45, 7) is 7.39. The number of thiazole rings is 1. The topological polar surface area (TPSA) is 101 Å². The molecule has 2 fully saturated rings. The molecular weight excluding hydrogens is 621 g/mol. The number of amides is 3. The molecular formula is C35H40N4O5S2. The summed E-state index contributed by atoms with van der Waals surface area (Å²) in [7, 11) is 1.56. The first kappa shape index (κ1) is 33.4. The van der Waals surface area contributed by atoms with Gasteiger partial charge in [0.1, 0.15) is 11.5 Å². The lowest BCUT2D eigenvalue weighted by molar-refractivity contribution is -0.130. The molecule has 1 aliphatic heterocycles. The van der Waals surface area contributed by atoms with Crippen molar-refractivity contribution in [3.05, 3.63) is 59.3 Å². The van der Waals surface area contributed by atoms with Gasteiger partial charge in [-0.2, -0.15) is 0 Å². The van der Waals surface area contributed by atoms with E-state index in [0.717, 1.165) is 52.5 Å². The fraction of sp³-hybridized carbons (Fsp3) is 0.429. The highest BCUT2D eigenvalue weighted by Crippen LogP contribution is 2.38. The number of anilines is 1. The van der Waals surface area contributed by atoms with E-state index in [1.54, 1.807) is 42.2 Å². The van der Waals surface area contributed by atoms with Crippen molar-refractivity contribution < 1.29 is 23.9 Å². The highest BCUT2D eigenvalue weighted by atomic mass is 32.2. The van der Waals surface area contributed by atoms with Crippen LogP contribution in [0.3, 0.4) is 0 Å². The molecule has 2 atom stereocenters. The van der Waals surface area contributed by atoms with Crippen LogP contribution >= 0.6 is 23.1 Å². The number of ether oxygens (including phenoxy) is 2. The third-order valence-electron chi connectivity index (χ3n) is 8.34. The standard InChI is InChI=1S/C35H40N4O5S2/c1-5-7-25-8-6-9-27(13-10-25)44-28-14-11-26(12-15-28)33(41)37-35-36-22-32(46-35)45-31-21-29(30(43-4)20-23(31)2)34(42)39-18-16-38(17-19-39)24(3)40/h11-12,14-15,20-22,25,27H,6,8-10,13,16-19H2,1-4H3,(H,36,37,41). The molecule has 11 heteroatoms. The maximum absolute atomic E-state index is 13.5. The molecule has 0 bridgehead atoms. The number of hydrogen-bond acceptors (Lipinski definition) is 8. The summed E-state index contributed by atoms with van der Waals surface area (Å²) in [5, 5.41) is 3.39. The molecule has 2 unspecified atom stereocenters. The predicted molar refractivity (Wildman–Crippen MR) is 181 cm³/mol. The van der Waals surface area contributed by atoms with Crippen molar-refractivity contribution in [2.75, 3.05) is 38.6 Å². The van der Waals surface area contributed by atoms with Crippen LogP contribution in [0.25, 0.3) is 0 Å². The molecule has 46 heavy (non-hydrogen) atoms. The second-order valence-electron chi connectivity index (χ2n) is 11.5. The molecule has 1 aromatic heterocycles. The summed E-state index contributed by atoms with van der Waals surface area (Å²) in [5.41, 5.74) is 1.96. The average Bonchev–Trinajstić information content (AvgIpc) is 3.38. The Morgan fingerprint density at radius 1 is 1.02 bits per heavy atom. The van der Waals surface area contributed by atoms with Crippen LogP contribution in [0.15, 0.2) is 51.7 Å². The number of benzene rings is 2. The molecule has 2 heterocycles. The van der Waals surface area contributed by atoms with E-state index in [1.165, 1.54) is 23.1 Å². The fourth-order valence-electron chi connectivity index (χ4n) is 5.76. The van der Waals surface area contributed by atoms with Crippen LogP contribution in [-0.4, -0.2) is 71.9 Å². The van der Waals surface area contributed by atoms with Crippen molar-refractivity contribution >= 4 is 46.0 Å². The first-order chi connectivity index (χ1) is 22.2. The van der Waals surface area contributed by atoms with Crippen LogP contribution in [0, 0.1) is 24.7 Å². The lowest BCUT2D eigenvalue weighted by atomic mass is 10.0. The van der Waals surface area contributed by atoms with Gasteiger partial charge in [0.15, 0.2) is 5.13 Å². The zero-order chi connectivity index (χ0) is 32.6. The van der Waals surface area contributed by atoms with Crippen molar-refractivity contribution in [3.63, 3.8) is 0 Å². The highest BCUT2D eigenvalue weighted by Gasteiger charge is 2.26. The third kappa shape index (κ3) is 8.42. The molecule has 1 saturated heterocycles. The molecule has 1 N–H and O–H groups in total. The molecule has 3 aromatic rings. The van der Waals surface area contributed by atoms with Gasteiger partial charge in [0.2, 0.25) is 5.91 Å². The summed E-state index contributed by atoms with van der Waals surface area (Å²) in [6.07, 6.45) is 7.17. The molecule has 5 rings (SSSR count). The Labute approximate surface area is 279 Å². The zero-order valence-electron chi connectivity index (χ0n) is 26.8. The number of aryl methyl sites for hydroxylation is 1. The quantitative estimate of drug-likeness (QED) is 0.217. The first-order valence-corrected chi connectivity index (χ1v) is 17.2. The normalized spacial score (nSPS) is 18.2. The van der Waals surface area contributed by atoms with Crippen LogP contribution in [0.4, 0.5) is 5.13 Å². The van der Waals surface area contributed by atoms with Crippen LogP contribution in [0.1, 0.15) is 72.2 Å². The third-order valence-corrected chi connectivity index (χ3v) is 10.5. The van der Waals surface area contributed by atoms with Gasteiger partial charge in [0, 0.05) is 49.5 Å². The predicted octanol–water partition coefficient (Wildman–Crippen LogP) is 6.52. The van der Waals surface area contributed by atoms with Gasteiger partial charge in [-0.3, -0.25) is 19.7 Å². The van der Waals surface area contributed by atoms with Crippen molar-refractivity contribution in [2.45, 2.75) is 68.1 Å². The van der Waals surface area contributed by atoms with E-state index in [0.29, 0.717) is 54.1 Å². The van der Waals surface area contributed by atoms with Gasteiger partial charge >= 0.3 is 0 Å². The van der Waals surface area contributed by atoms with Crippen molar-refractivity contribution in [1.29, 1.82) is 0 Å². The maximum Gasteiger partial charge on any atom is 0.257 e. The number of aromatic nitrogens is 1. The number of hydrogen-bond donors (Lipinski definition) is 1. The highest BCUT2D eigenvalue weighted by molar-refractivity contribution is 8.01. The SMILES string of the molecule is CC#CC1CCCC(Oc2ccc(C(=O)Nc3ncc(Sc4cc(C(=O)N5CCN(C(C)=O)CC5)c(OC)cc4C)s3)cc2)CC1. The van der Waals surface area contributed by atoms with E-state index in [-0.39, 0.29) is 23.8 Å². The van der Waals surface area contributed by atoms with E-state index in [1.807, 2.05) is 38.1 Å². The summed E-state index contributed by atoms with van der Waals surface area (Å²) in [6, 6.07) is 11.0. The van der Waals surface area contributed by atoms with E-state index < -0.39 is 0 Å². The molecule has 3 amide bonds. The number of rotatable bonds is 8. The van der Waals surface area contributed by atoms with Gasteiger partial charge < -0.3 is 19.3 Å². The van der Waals surface area contributed by atoms with Gasteiger partial charge in [-0.05, 0) is 87.9 Å². The minimum absolute atomic E-state index is 0.0172. The summed E-state index contributed by atoms with van der Waals surface area (Å²) in [5.74, 6) is 7.74. The minimum Gasteiger partial charge on any atom is -0.496 e. The number of carbonyl (C=O) groups excluding carboxylic acids is 3. The number of nitrogens with zero attached hydrogens (tertiary/aromatic N) is 3. The van der Waals surface area contributed by atoms with E-state index in [4.69, 9.17) is 9.47 Å². The number of nitrogens with one attached hydrogen (secondary N) is 1. The molecule has 2 aromatic carbocycles. The second-order valence-corrected chi connectivity index (χ2v) is 13.9. The van der Waals surface area contributed by atoms with Crippen LogP contribution < -0.4 is 14.8 Å². The van der Waals surface area contributed by atoms with Gasteiger partial charge in [-0.15, -0.1) is 11.8 Å². The fourth-order valence-corrected chi connectivity index (χ4v) is 7.69. The summed E-state index contributed by atoms with van der Waals surface area (Å²) in [4.78, 5) is 47.0. The molecule has 9 nitrogen and oxygen atoms in total. The zero-order valence-corrected chi connectivity index (χ0v) is 28.4. The summed E-state index contributed by atoms with van der Waals surface area (Å²) < 4.78 is 12.7. The molecule has 0 spiro atoms. The van der Waals surface area contributed by atoms with E-state index in [9.17, 15) is 14.4 Å². The molecule has 2 aliphatic rings. The lowest BCUT2D eigenvalue weighted by Gasteiger charge is -2.34. The largest absolute Gasteiger partial charge is 0.496 e. The Morgan fingerprint density at radius 3 is 2.46 bits per heavy atom. The van der Waals surface area contributed by atoms with Crippen LogP contribution in [-0.2, 0) is 4.79 Å². The maximum atomic E-state index is 13.5. The number of methoxy groups -OCH3 is 1. The van der Waals surface area contributed by atoms with Gasteiger partial charge in [0.05, 0.1) is 29.2 Å². The Bertz CT molecular complexity index is 1620. The number of piperazine rings is 1. The second kappa shape index (κ2) is 15.5. The summed E-state index contributed by atoms with van der Waals surface area (Å²) >= 11 is 2.85. The van der Waals surface area contributed by atoms with Crippen molar-refractivity contribution in [1.82, 2.24) is 14.8 Å². The molecule has 242 valence electrons. The Balaban J connectivity index is 1.19. The molecule has 1 aliphatic carbocycles. The van der Waals surface area contributed by atoms with Crippen molar-refractivity contribution in [3.8, 4) is 23.3 Å². The van der Waals surface area contributed by atoms with E-state index >= 15 is 0 Å². The Morgan fingerprint density at radius 2 is 1.76 bits per heavy atom.